The Morgan fingerprint density at radius 3 is 1.94 bits per heavy atom. The highest BCUT2D eigenvalue weighted by Crippen LogP contribution is 2.31. The molecule has 0 aliphatic heterocycles. The van der Waals surface area contributed by atoms with Crippen molar-refractivity contribution >= 4 is 5.78 Å². The van der Waals surface area contributed by atoms with Crippen molar-refractivity contribution in [3.63, 3.8) is 0 Å². The zero-order valence-electron chi connectivity index (χ0n) is 10.9. The third-order valence-corrected chi connectivity index (χ3v) is 3.66. The lowest BCUT2D eigenvalue weighted by molar-refractivity contribution is 0.0892. The molecule has 0 N–H and O–H groups in total. The minimum absolute atomic E-state index is 0.191. The Labute approximate surface area is 108 Å². The van der Waals surface area contributed by atoms with Gasteiger partial charge < -0.3 is 0 Å². The van der Waals surface area contributed by atoms with E-state index in [1.54, 1.807) is 0 Å². The molecular formula is C17H18O. The Morgan fingerprint density at radius 1 is 0.944 bits per heavy atom. The summed E-state index contributed by atoms with van der Waals surface area (Å²) in [5, 5.41) is 0. The summed E-state index contributed by atoms with van der Waals surface area (Å²) in [6.45, 7) is 4.09. The third kappa shape index (κ3) is 2.21. The van der Waals surface area contributed by atoms with Crippen molar-refractivity contribution in [2.24, 2.45) is 0 Å². The molecule has 0 heterocycles. The lowest BCUT2D eigenvalue weighted by atomic mass is 9.74. The molecule has 2 rings (SSSR count). The summed E-state index contributed by atoms with van der Waals surface area (Å²) in [5.41, 5.74) is 1.43. The van der Waals surface area contributed by atoms with Gasteiger partial charge in [-0.3, -0.25) is 4.79 Å². The molecule has 0 radical (unpaired) electrons. The average molecular weight is 238 g/mol. The summed E-state index contributed by atoms with van der Waals surface area (Å²) in [4.78, 5) is 12.7. The van der Waals surface area contributed by atoms with E-state index in [0.717, 1.165) is 17.5 Å². The van der Waals surface area contributed by atoms with Crippen LogP contribution in [-0.2, 0) is 5.41 Å². The maximum Gasteiger partial charge on any atom is 0.173 e. The number of hydrogen-bond donors (Lipinski definition) is 0. The van der Waals surface area contributed by atoms with E-state index in [-0.39, 0.29) is 5.78 Å². The topological polar surface area (TPSA) is 17.1 Å². The minimum Gasteiger partial charge on any atom is -0.293 e. The van der Waals surface area contributed by atoms with Crippen molar-refractivity contribution in [2.75, 3.05) is 0 Å². The molecule has 0 fully saturated rings. The predicted molar refractivity (Wildman–Crippen MR) is 74.9 cm³/mol. The zero-order chi connectivity index (χ0) is 13.0. The first-order valence-corrected chi connectivity index (χ1v) is 6.34. The van der Waals surface area contributed by atoms with Crippen molar-refractivity contribution in [3.8, 4) is 0 Å². The number of Topliss-reactive ketones (excluding diaryl/α,β-unsaturated/α-hetero) is 1. The Balaban J connectivity index is 2.43. The summed E-state index contributed by atoms with van der Waals surface area (Å²) >= 11 is 0. The highest BCUT2D eigenvalue weighted by Gasteiger charge is 2.33. The molecule has 2 aromatic rings. The molecule has 18 heavy (non-hydrogen) atoms. The van der Waals surface area contributed by atoms with Crippen molar-refractivity contribution in [3.05, 3.63) is 71.8 Å². The molecule has 1 nitrogen and oxygen atoms in total. The van der Waals surface area contributed by atoms with Crippen LogP contribution in [0.4, 0.5) is 0 Å². The van der Waals surface area contributed by atoms with Gasteiger partial charge in [-0.1, -0.05) is 67.6 Å². The quantitative estimate of drug-likeness (QED) is 0.728. The standard InChI is InChI=1S/C17H18O/c1-3-17(2,15-12-8-5-9-13-15)16(18)14-10-6-4-7-11-14/h4-13H,3H2,1-2H3. The number of benzene rings is 2. The summed E-state index contributed by atoms with van der Waals surface area (Å²) in [7, 11) is 0. The van der Waals surface area contributed by atoms with Gasteiger partial charge in [0, 0.05) is 5.56 Å². The highest BCUT2D eigenvalue weighted by molar-refractivity contribution is 6.03. The molecule has 0 saturated heterocycles. The Hall–Kier alpha value is -1.89. The number of hydrogen-bond acceptors (Lipinski definition) is 1. The molecule has 1 atom stereocenters. The summed E-state index contributed by atoms with van der Waals surface area (Å²) in [6, 6.07) is 19.5. The van der Waals surface area contributed by atoms with E-state index in [4.69, 9.17) is 0 Å². The number of ketones is 1. The Bertz CT molecular complexity index is 516. The van der Waals surface area contributed by atoms with Crippen LogP contribution in [0.15, 0.2) is 60.7 Å². The first-order valence-electron chi connectivity index (χ1n) is 6.34. The van der Waals surface area contributed by atoms with Gasteiger partial charge in [-0.05, 0) is 18.9 Å². The highest BCUT2D eigenvalue weighted by atomic mass is 16.1. The molecule has 0 aliphatic rings. The van der Waals surface area contributed by atoms with Gasteiger partial charge in [0.25, 0.3) is 0 Å². The SMILES string of the molecule is CCC(C)(C(=O)c1ccccc1)c1ccccc1. The second-order valence-corrected chi connectivity index (χ2v) is 4.75. The minimum atomic E-state index is -0.442. The third-order valence-electron chi connectivity index (χ3n) is 3.66. The maximum absolute atomic E-state index is 12.7. The molecule has 1 unspecified atom stereocenters. The first-order chi connectivity index (χ1) is 8.68. The van der Waals surface area contributed by atoms with Crippen LogP contribution in [0.5, 0.6) is 0 Å². The molecular weight excluding hydrogens is 220 g/mol. The fourth-order valence-electron chi connectivity index (χ4n) is 2.21. The fourth-order valence-corrected chi connectivity index (χ4v) is 2.21. The Kier molecular flexibility index (Phi) is 3.61. The van der Waals surface area contributed by atoms with Crippen molar-refractivity contribution in [2.45, 2.75) is 25.7 Å². The smallest absolute Gasteiger partial charge is 0.173 e. The fraction of sp³-hybridized carbons (Fsp3) is 0.235. The summed E-state index contributed by atoms with van der Waals surface area (Å²) in [5.74, 6) is 0.191. The van der Waals surface area contributed by atoms with E-state index in [1.807, 2.05) is 67.6 Å². The lowest BCUT2D eigenvalue weighted by Gasteiger charge is -2.27. The van der Waals surface area contributed by atoms with Crippen LogP contribution in [-0.4, -0.2) is 5.78 Å². The molecule has 92 valence electrons. The summed E-state index contributed by atoms with van der Waals surface area (Å²) < 4.78 is 0. The molecule has 2 aromatic carbocycles. The van der Waals surface area contributed by atoms with E-state index in [1.165, 1.54) is 0 Å². The molecule has 0 amide bonds. The first kappa shape index (κ1) is 12.6. The molecule has 0 saturated carbocycles. The van der Waals surface area contributed by atoms with E-state index in [2.05, 4.69) is 6.92 Å². The molecule has 0 aliphatic carbocycles. The van der Waals surface area contributed by atoms with Gasteiger partial charge in [-0.2, -0.15) is 0 Å². The Morgan fingerprint density at radius 2 is 1.44 bits per heavy atom. The monoisotopic (exact) mass is 238 g/mol. The van der Waals surface area contributed by atoms with Crippen LogP contribution >= 0.6 is 0 Å². The molecule has 1 heteroatoms. The number of carbonyl (C=O) groups is 1. The number of rotatable bonds is 4. The predicted octanol–water partition coefficient (Wildman–Crippen LogP) is 4.24. The van der Waals surface area contributed by atoms with Crippen LogP contribution in [0.1, 0.15) is 36.2 Å². The van der Waals surface area contributed by atoms with Gasteiger partial charge in [0.05, 0.1) is 5.41 Å². The second kappa shape index (κ2) is 5.18. The average Bonchev–Trinajstić information content (AvgIpc) is 2.47. The lowest BCUT2D eigenvalue weighted by Crippen LogP contribution is -2.31. The van der Waals surface area contributed by atoms with Crippen molar-refractivity contribution in [1.82, 2.24) is 0 Å². The number of carbonyl (C=O) groups excluding carboxylic acids is 1. The maximum atomic E-state index is 12.7. The van der Waals surface area contributed by atoms with E-state index < -0.39 is 5.41 Å². The molecule has 0 aromatic heterocycles. The van der Waals surface area contributed by atoms with Crippen LogP contribution in [0.25, 0.3) is 0 Å². The second-order valence-electron chi connectivity index (χ2n) is 4.75. The van der Waals surface area contributed by atoms with Crippen LogP contribution < -0.4 is 0 Å². The van der Waals surface area contributed by atoms with Crippen LogP contribution in [0, 0.1) is 0 Å². The van der Waals surface area contributed by atoms with Crippen molar-refractivity contribution < 1.29 is 4.79 Å². The van der Waals surface area contributed by atoms with Crippen LogP contribution in [0.2, 0.25) is 0 Å². The van der Waals surface area contributed by atoms with E-state index >= 15 is 0 Å². The van der Waals surface area contributed by atoms with E-state index in [9.17, 15) is 4.79 Å². The normalized spacial score (nSPS) is 13.9. The van der Waals surface area contributed by atoms with Gasteiger partial charge in [-0.15, -0.1) is 0 Å². The van der Waals surface area contributed by atoms with Gasteiger partial charge in [0.1, 0.15) is 0 Å². The molecule has 0 bridgehead atoms. The zero-order valence-corrected chi connectivity index (χ0v) is 10.9. The van der Waals surface area contributed by atoms with Gasteiger partial charge in [0.15, 0.2) is 5.78 Å². The van der Waals surface area contributed by atoms with Gasteiger partial charge >= 0.3 is 0 Å². The largest absolute Gasteiger partial charge is 0.293 e. The van der Waals surface area contributed by atoms with Gasteiger partial charge in [0.2, 0.25) is 0 Å². The van der Waals surface area contributed by atoms with Crippen molar-refractivity contribution in [1.29, 1.82) is 0 Å². The molecule has 0 spiro atoms. The van der Waals surface area contributed by atoms with Crippen LogP contribution in [0.3, 0.4) is 0 Å². The van der Waals surface area contributed by atoms with E-state index in [0.29, 0.717) is 0 Å². The summed E-state index contributed by atoms with van der Waals surface area (Å²) in [6.07, 6.45) is 0.796. The van der Waals surface area contributed by atoms with Gasteiger partial charge in [-0.25, -0.2) is 0 Å².